The molecule has 0 bridgehead atoms. The van der Waals surface area contributed by atoms with E-state index in [1.807, 2.05) is 30.6 Å². The standard InChI is InChI=1S/C29H33N3O/c1-20-16-21(2)18-25(17-20)29-26(27-19-24(22(3)33)7-8-28(27)32-29)11-15-30-12-5-4-6-23-9-13-31-14-10-23/h7-10,13-14,16-19,30,32H,4-6,11-12,15H2,1-3H3. The van der Waals surface area contributed by atoms with Gasteiger partial charge in [0.1, 0.15) is 0 Å². The molecule has 4 rings (SSSR count). The molecule has 0 unspecified atom stereocenters. The Morgan fingerprint density at radius 3 is 2.39 bits per heavy atom. The molecule has 0 amide bonds. The van der Waals surface area contributed by atoms with Crippen LogP contribution in [0.4, 0.5) is 0 Å². The molecule has 2 heterocycles. The lowest BCUT2D eigenvalue weighted by Crippen LogP contribution is -2.18. The number of aryl methyl sites for hydroxylation is 3. The molecule has 0 aliphatic heterocycles. The van der Waals surface area contributed by atoms with Gasteiger partial charge >= 0.3 is 0 Å². The number of fused-ring (bicyclic) bond motifs is 1. The minimum Gasteiger partial charge on any atom is -0.354 e. The van der Waals surface area contributed by atoms with E-state index in [1.165, 1.54) is 34.2 Å². The summed E-state index contributed by atoms with van der Waals surface area (Å²) < 4.78 is 0. The number of Topliss-reactive ketones (excluding diaryl/α,β-unsaturated/α-hetero) is 1. The maximum atomic E-state index is 12.0. The molecule has 2 aromatic carbocycles. The topological polar surface area (TPSA) is 57.8 Å². The molecule has 0 saturated carbocycles. The van der Waals surface area contributed by atoms with E-state index >= 15 is 0 Å². The highest BCUT2D eigenvalue weighted by molar-refractivity contribution is 6.00. The summed E-state index contributed by atoms with van der Waals surface area (Å²) in [6.45, 7) is 7.82. The van der Waals surface area contributed by atoms with Crippen LogP contribution in [0, 0.1) is 13.8 Å². The first-order chi connectivity index (χ1) is 16.0. The lowest BCUT2D eigenvalue weighted by molar-refractivity contribution is 0.101. The number of nitrogens with one attached hydrogen (secondary N) is 2. The number of carbonyl (C=O) groups is 1. The maximum absolute atomic E-state index is 12.0. The average molecular weight is 440 g/mol. The van der Waals surface area contributed by atoms with E-state index < -0.39 is 0 Å². The molecule has 0 aliphatic rings. The average Bonchev–Trinajstić information content (AvgIpc) is 3.16. The summed E-state index contributed by atoms with van der Waals surface area (Å²) in [7, 11) is 0. The van der Waals surface area contributed by atoms with E-state index in [-0.39, 0.29) is 5.78 Å². The van der Waals surface area contributed by atoms with Crippen LogP contribution in [0.1, 0.15) is 52.4 Å². The van der Waals surface area contributed by atoms with Crippen LogP contribution in [0.2, 0.25) is 0 Å². The second-order valence-electron chi connectivity index (χ2n) is 8.98. The van der Waals surface area contributed by atoms with Crippen LogP contribution in [0.15, 0.2) is 60.9 Å². The number of hydrogen-bond donors (Lipinski definition) is 2. The molecule has 0 spiro atoms. The van der Waals surface area contributed by atoms with E-state index in [2.05, 4.69) is 59.5 Å². The molecular weight excluding hydrogens is 406 g/mol. The van der Waals surface area contributed by atoms with Crippen molar-refractivity contribution in [2.24, 2.45) is 0 Å². The van der Waals surface area contributed by atoms with E-state index in [0.29, 0.717) is 0 Å². The van der Waals surface area contributed by atoms with Crippen molar-refractivity contribution in [1.82, 2.24) is 15.3 Å². The van der Waals surface area contributed by atoms with Crippen LogP contribution in [0.3, 0.4) is 0 Å². The Morgan fingerprint density at radius 1 is 0.909 bits per heavy atom. The van der Waals surface area contributed by atoms with Crippen molar-refractivity contribution in [2.75, 3.05) is 13.1 Å². The summed E-state index contributed by atoms with van der Waals surface area (Å²) in [6.07, 6.45) is 8.04. The third-order valence-corrected chi connectivity index (χ3v) is 6.19. The summed E-state index contributed by atoms with van der Waals surface area (Å²) in [4.78, 5) is 19.7. The van der Waals surface area contributed by atoms with Gasteiger partial charge in [-0.2, -0.15) is 0 Å². The highest BCUT2D eigenvalue weighted by Crippen LogP contribution is 2.32. The Bertz CT molecular complexity index is 1220. The molecule has 4 heteroatoms. The Kier molecular flexibility index (Phi) is 7.36. The molecule has 170 valence electrons. The molecular formula is C29H33N3O. The fourth-order valence-corrected chi connectivity index (χ4v) is 4.56. The third kappa shape index (κ3) is 5.77. The van der Waals surface area contributed by atoms with Crippen LogP contribution < -0.4 is 5.32 Å². The molecule has 4 aromatic rings. The normalized spacial score (nSPS) is 11.2. The first kappa shape index (κ1) is 22.9. The lowest BCUT2D eigenvalue weighted by atomic mass is 9.98. The summed E-state index contributed by atoms with van der Waals surface area (Å²) in [5.41, 5.74) is 9.36. The van der Waals surface area contributed by atoms with Gasteiger partial charge in [-0.25, -0.2) is 0 Å². The van der Waals surface area contributed by atoms with Gasteiger partial charge in [-0.1, -0.05) is 17.2 Å². The zero-order chi connectivity index (χ0) is 23.2. The summed E-state index contributed by atoms with van der Waals surface area (Å²) in [6, 6.07) is 16.9. The zero-order valence-electron chi connectivity index (χ0n) is 19.9. The van der Waals surface area contributed by atoms with Gasteiger partial charge < -0.3 is 10.3 Å². The number of benzene rings is 2. The molecule has 0 aliphatic carbocycles. The predicted molar refractivity (Wildman–Crippen MR) is 137 cm³/mol. The van der Waals surface area contributed by atoms with E-state index in [1.54, 1.807) is 6.92 Å². The largest absolute Gasteiger partial charge is 0.354 e. The fraction of sp³-hybridized carbons (Fsp3) is 0.310. The van der Waals surface area contributed by atoms with Gasteiger partial charge in [0.15, 0.2) is 5.78 Å². The van der Waals surface area contributed by atoms with Gasteiger partial charge in [0, 0.05) is 34.6 Å². The first-order valence-electron chi connectivity index (χ1n) is 11.8. The number of unbranched alkanes of at least 4 members (excludes halogenated alkanes) is 1. The molecule has 0 saturated heterocycles. The van der Waals surface area contributed by atoms with E-state index in [9.17, 15) is 4.79 Å². The highest BCUT2D eigenvalue weighted by atomic mass is 16.1. The van der Waals surface area contributed by atoms with Crippen molar-refractivity contribution in [2.45, 2.75) is 46.5 Å². The van der Waals surface area contributed by atoms with Crippen LogP contribution in [0.5, 0.6) is 0 Å². The summed E-state index contributed by atoms with van der Waals surface area (Å²) >= 11 is 0. The second kappa shape index (κ2) is 10.6. The summed E-state index contributed by atoms with van der Waals surface area (Å²) in [5.74, 6) is 0.101. The van der Waals surface area contributed by atoms with Gasteiger partial charge in [-0.05, 0) is 119 Å². The predicted octanol–water partition coefficient (Wildman–Crippen LogP) is 6.20. The van der Waals surface area contributed by atoms with Gasteiger partial charge in [0.25, 0.3) is 0 Å². The van der Waals surface area contributed by atoms with Crippen molar-refractivity contribution >= 4 is 16.7 Å². The molecule has 0 radical (unpaired) electrons. The van der Waals surface area contributed by atoms with Gasteiger partial charge in [-0.3, -0.25) is 9.78 Å². The van der Waals surface area contributed by atoms with Crippen LogP contribution in [-0.4, -0.2) is 28.8 Å². The van der Waals surface area contributed by atoms with Crippen molar-refractivity contribution in [3.8, 4) is 11.3 Å². The number of hydrogen-bond acceptors (Lipinski definition) is 3. The first-order valence-corrected chi connectivity index (χ1v) is 11.8. The number of rotatable bonds is 10. The monoisotopic (exact) mass is 439 g/mol. The number of carbonyl (C=O) groups excluding carboxylic acids is 1. The molecule has 2 N–H and O–H groups in total. The molecule has 2 aromatic heterocycles. The van der Waals surface area contributed by atoms with E-state index in [0.717, 1.165) is 54.5 Å². The number of aromatic nitrogens is 2. The lowest BCUT2D eigenvalue weighted by Gasteiger charge is -2.09. The van der Waals surface area contributed by atoms with Crippen LogP contribution >= 0.6 is 0 Å². The smallest absolute Gasteiger partial charge is 0.159 e. The Labute approximate surface area is 196 Å². The number of pyridine rings is 1. The van der Waals surface area contributed by atoms with Crippen molar-refractivity contribution < 1.29 is 4.79 Å². The number of H-pyrrole nitrogens is 1. The summed E-state index contributed by atoms with van der Waals surface area (Å²) in [5, 5.41) is 4.77. The molecule has 4 nitrogen and oxygen atoms in total. The van der Waals surface area contributed by atoms with Crippen LogP contribution in [0.25, 0.3) is 22.2 Å². The highest BCUT2D eigenvalue weighted by Gasteiger charge is 2.15. The van der Waals surface area contributed by atoms with Gasteiger partial charge in [0.05, 0.1) is 0 Å². The number of ketones is 1. The Hall–Kier alpha value is -3.24. The van der Waals surface area contributed by atoms with Crippen molar-refractivity contribution in [3.05, 3.63) is 88.7 Å². The SMILES string of the molecule is CC(=O)c1ccc2[nH]c(-c3cc(C)cc(C)c3)c(CCNCCCCc3ccncc3)c2c1. The van der Waals surface area contributed by atoms with Gasteiger partial charge in [0.2, 0.25) is 0 Å². The molecule has 0 fully saturated rings. The quantitative estimate of drug-likeness (QED) is 0.228. The fourth-order valence-electron chi connectivity index (χ4n) is 4.56. The Balaban J connectivity index is 1.47. The minimum absolute atomic E-state index is 0.101. The van der Waals surface area contributed by atoms with E-state index in [4.69, 9.17) is 0 Å². The number of nitrogens with zero attached hydrogens (tertiary/aromatic N) is 1. The maximum Gasteiger partial charge on any atom is 0.159 e. The zero-order valence-corrected chi connectivity index (χ0v) is 19.9. The third-order valence-electron chi connectivity index (χ3n) is 6.19. The van der Waals surface area contributed by atoms with Crippen molar-refractivity contribution in [1.29, 1.82) is 0 Å². The molecule has 0 atom stereocenters. The minimum atomic E-state index is 0.101. The second-order valence-corrected chi connectivity index (χ2v) is 8.98. The molecule has 33 heavy (non-hydrogen) atoms. The Morgan fingerprint density at radius 2 is 1.67 bits per heavy atom. The number of aromatic amines is 1. The van der Waals surface area contributed by atoms with Gasteiger partial charge in [-0.15, -0.1) is 0 Å². The van der Waals surface area contributed by atoms with Crippen LogP contribution in [-0.2, 0) is 12.8 Å². The van der Waals surface area contributed by atoms with Crippen molar-refractivity contribution in [3.63, 3.8) is 0 Å².